The van der Waals surface area contributed by atoms with Gasteiger partial charge in [-0.3, -0.25) is 18.3 Å². The second kappa shape index (κ2) is 14.7. The second-order valence-electron chi connectivity index (χ2n) is 14.6. The molecule has 274 valence electrons. The van der Waals surface area contributed by atoms with E-state index in [1.165, 1.54) is 0 Å². The van der Waals surface area contributed by atoms with E-state index in [0.717, 1.165) is 24.8 Å². The maximum atomic E-state index is 13.0. The van der Waals surface area contributed by atoms with Crippen molar-refractivity contribution in [3.63, 3.8) is 0 Å². The lowest BCUT2D eigenvalue weighted by molar-refractivity contribution is -0.435. The number of carboxylic acids is 1. The summed E-state index contributed by atoms with van der Waals surface area (Å²) in [7, 11) is -5.18. The molecule has 0 radical (unpaired) electrons. The highest BCUT2D eigenvalue weighted by molar-refractivity contribution is 7.89. The zero-order valence-electron chi connectivity index (χ0n) is 27.0. The number of carbonyl (C=O) groups excluding carboxylic acids is 1. The summed E-state index contributed by atoms with van der Waals surface area (Å²) in [6.45, 7) is 8.92. The van der Waals surface area contributed by atoms with Crippen molar-refractivity contribution in [2.24, 2.45) is 40.4 Å². The summed E-state index contributed by atoms with van der Waals surface area (Å²) in [5, 5.41) is 44.3. The molecule has 2 bridgehead atoms. The van der Waals surface area contributed by atoms with Crippen molar-refractivity contribution in [2.45, 2.75) is 115 Å². The van der Waals surface area contributed by atoms with Gasteiger partial charge >= 0.3 is 22.3 Å². The van der Waals surface area contributed by atoms with Crippen molar-refractivity contribution < 1.29 is 75.1 Å². The Hall–Kier alpha value is -1.42. The summed E-state index contributed by atoms with van der Waals surface area (Å²) in [5.74, 6) is -2.69. The van der Waals surface area contributed by atoms with Gasteiger partial charge in [-0.1, -0.05) is 32.4 Å². The third-order valence-electron chi connectivity index (χ3n) is 11.5. The summed E-state index contributed by atoms with van der Waals surface area (Å²) in [4.78, 5) is 25.8. The van der Waals surface area contributed by atoms with Crippen molar-refractivity contribution in [1.29, 1.82) is 0 Å². The van der Waals surface area contributed by atoms with E-state index in [0.29, 0.717) is 19.3 Å². The van der Waals surface area contributed by atoms with E-state index in [2.05, 4.69) is 22.9 Å². The Balaban J connectivity index is 1.48. The minimum atomic E-state index is -5.18. The number of hydrogen-bond donors (Lipinski definition) is 5. The summed E-state index contributed by atoms with van der Waals surface area (Å²) in [6, 6.07) is 0. The fourth-order valence-electron chi connectivity index (χ4n) is 9.76. The quantitative estimate of drug-likeness (QED) is 0.0268. The normalized spacial score (nSPS) is 42.7. The Morgan fingerprint density at radius 2 is 1.88 bits per heavy atom. The zero-order valence-corrected chi connectivity index (χ0v) is 28.7. The molecule has 5 fully saturated rings. The number of aliphatic carboxylic acids is 1. The number of ether oxygens (including phenoxy) is 3. The van der Waals surface area contributed by atoms with Crippen LogP contribution >= 0.6 is 12.3 Å². The molecule has 1 spiro atoms. The average molecular weight is 727 g/mol. The third kappa shape index (κ3) is 7.32. The maximum Gasteiger partial charge on any atom is 0.397 e. The molecule has 1 heterocycles. The molecule has 48 heavy (non-hydrogen) atoms. The van der Waals surface area contributed by atoms with E-state index in [1.54, 1.807) is 13.8 Å². The van der Waals surface area contributed by atoms with Crippen LogP contribution in [0.2, 0.25) is 0 Å². The van der Waals surface area contributed by atoms with Gasteiger partial charge in [0.1, 0.15) is 18.3 Å². The van der Waals surface area contributed by atoms with Crippen LogP contribution in [0.15, 0.2) is 12.2 Å². The van der Waals surface area contributed by atoms with Gasteiger partial charge in [0.05, 0.1) is 24.7 Å². The fraction of sp³-hybridized carbons (Fsp3) is 0.867. The summed E-state index contributed by atoms with van der Waals surface area (Å²) in [5.41, 5.74) is -0.153. The standard InChI is InChI=1S/C30H46O16S2/c1-14(2)9-22(32)42-25-24(43-47-46-45-36)23(44-48(37,38)39)20(13-31)41-28(25)40-17-10-18(27(34)35)19-7-8-30-11-16(15(3)26(30)33)5-6-21(30)29(19,4)12-17/h14,16-21,23-26,28,31,33,36H,3,5-13H2,1-2,4H3,(H,34,35)(H,37,38,39)/t16?,17?,18?,19?,20-,21?,23+,24+,25?,26-,28+,29?,30?/m0/s1. The van der Waals surface area contributed by atoms with Crippen LogP contribution in [-0.4, -0.2) is 95.0 Å². The summed E-state index contributed by atoms with van der Waals surface area (Å²) >= 11 is 0.0109. The molecule has 1 saturated heterocycles. The lowest BCUT2D eigenvalue weighted by Gasteiger charge is -2.62. The molecule has 0 amide bonds. The molecule has 13 atom stereocenters. The first-order chi connectivity index (χ1) is 22.5. The first kappa shape index (κ1) is 37.8. The van der Waals surface area contributed by atoms with Crippen LogP contribution in [0, 0.1) is 40.4 Å². The Bertz CT molecular complexity index is 1310. The highest BCUT2D eigenvalue weighted by Gasteiger charge is 2.67. The number of carboxylic acid groups (broad SMARTS) is 1. The molecule has 4 saturated carbocycles. The van der Waals surface area contributed by atoms with Crippen LogP contribution in [0.5, 0.6) is 0 Å². The first-order valence-corrected chi connectivity index (χ1v) is 18.2. The van der Waals surface area contributed by atoms with Gasteiger partial charge in [-0.15, -0.1) is 4.33 Å². The van der Waals surface area contributed by atoms with Gasteiger partial charge in [-0.25, -0.2) is 9.44 Å². The number of hydrogen-bond acceptors (Lipinski definition) is 15. The molecule has 18 heteroatoms. The van der Waals surface area contributed by atoms with E-state index < -0.39 is 88.6 Å². The molecule has 5 rings (SSSR count). The molecule has 0 aromatic carbocycles. The van der Waals surface area contributed by atoms with Crippen molar-refractivity contribution in [1.82, 2.24) is 0 Å². The third-order valence-corrected chi connectivity index (χ3v) is 12.4. The molecule has 0 aromatic heterocycles. The maximum absolute atomic E-state index is 13.0. The van der Waals surface area contributed by atoms with Gasteiger partial charge in [0.15, 0.2) is 24.7 Å². The lowest BCUT2D eigenvalue weighted by atomic mass is 9.43. The van der Waals surface area contributed by atoms with Crippen molar-refractivity contribution in [2.75, 3.05) is 6.61 Å². The fourth-order valence-corrected chi connectivity index (χ4v) is 10.6. The molecule has 4 aliphatic carbocycles. The molecule has 0 aromatic rings. The second-order valence-corrected chi connectivity index (χ2v) is 16.1. The Morgan fingerprint density at radius 3 is 2.50 bits per heavy atom. The highest BCUT2D eigenvalue weighted by atomic mass is 32.3. The van der Waals surface area contributed by atoms with Gasteiger partial charge in [0, 0.05) is 11.8 Å². The van der Waals surface area contributed by atoms with E-state index in [4.69, 9.17) is 27.8 Å². The van der Waals surface area contributed by atoms with Crippen LogP contribution in [0.1, 0.15) is 72.1 Å². The van der Waals surface area contributed by atoms with E-state index >= 15 is 0 Å². The van der Waals surface area contributed by atoms with Crippen LogP contribution in [-0.2, 0) is 51.9 Å². The van der Waals surface area contributed by atoms with Crippen molar-refractivity contribution in [3.05, 3.63) is 12.2 Å². The van der Waals surface area contributed by atoms with E-state index in [9.17, 15) is 37.9 Å². The lowest BCUT2D eigenvalue weighted by Crippen LogP contribution is -2.63. The predicted octanol–water partition coefficient (Wildman–Crippen LogP) is 2.85. The SMILES string of the molecule is C=C1C2CCC3C4(C)CC(O[C@@H]5O[C@@H](CO)[C@@H](OS(=O)(=O)O)[C@@H](OSOOO)C5OC(=O)CC(C)C)CC(C(=O)O)C4CCC3(C2)[C@H]1O. The molecule has 1 aliphatic heterocycles. The Labute approximate surface area is 283 Å². The first-order valence-electron chi connectivity index (χ1n) is 16.2. The average Bonchev–Trinajstić information content (AvgIpc) is 3.16. The van der Waals surface area contributed by atoms with Crippen LogP contribution in [0.4, 0.5) is 0 Å². The van der Waals surface area contributed by atoms with Gasteiger partial charge in [0.25, 0.3) is 0 Å². The highest BCUT2D eigenvalue weighted by Crippen LogP contribution is 2.70. The summed E-state index contributed by atoms with van der Waals surface area (Å²) < 4.78 is 65.8. The largest absolute Gasteiger partial charge is 0.481 e. The number of carbonyl (C=O) groups is 2. The number of aliphatic hydroxyl groups excluding tert-OH is 2. The van der Waals surface area contributed by atoms with Gasteiger partial charge in [0.2, 0.25) is 0 Å². The summed E-state index contributed by atoms with van der Waals surface area (Å²) in [6.07, 6.45) is -5.52. The van der Waals surface area contributed by atoms with Crippen LogP contribution < -0.4 is 0 Å². The Morgan fingerprint density at radius 1 is 1.15 bits per heavy atom. The van der Waals surface area contributed by atoms with E-state index in [-0.39, 0.29) is 48.8 Å². The molecule has 5 N–H and O–H groups in total. The molecule has 16 nitrogen and oxygen atoms in total. The van der Waals surface area contributed by atoms with E-state index in [1.807, 2.05) is 0 Å². The smallest absolute Gasteiger partial charge is 0.397 e. The van der Waals surface area contributed by atoms with Crippen molar-refractivity contribution >= 4 is 34.7 Å². The predicted molar refractivity (Wildman–Crippen MR) is 163 cm³/mol. The zero-order chi connectivity index (χ0) is 35.2. The minimum Gasteiger partial charge on any atom is -0.481 e. The van der Waals surface area contributed by atoms with Crippen LogP contribution in [0.3, 0.4) is 0 Å². The molecule has 5 aliphatic rings. The van der Waals surface area contributed by atoms with Crippen molar-refractivity contribution in [3.8, 4) is 0 Å². The van der Waals surface area contributed by atoms with Crippen LogP contribution in [0.25, 0.3) is 0 Å². The molecular formula is C30H46O16S2. The number of fused-ring (bicyclic) bond motifs is 3. The topological polar surface area (TPSA) is 234 Å². The monoisotopic (exact) mass is 726 g/mol. The molecule has 8 unspecified atom stereocenters. The van der Waals surface area contributed by atoms with Gasteiger partial charge in [-0.05, 0) is 79.6 Å². The van der Waals surface area contributed by atoms with Gasteiger partial charge < -0.3 is 29.5 Å². The number of aliphatic hydroxyl groups is 2. The number of rotatable bonds is 13. The Kier molecular flexibility index (Phi) is 11.6. The minimum absolute atomic E-state index is 0.0109. The van der Waals surface area contributed by atoms with Gasteiger partial charge in [-0.2, -0.15) is 8.42 Å². The number of esters is 1. The molecular weight excluding hydrogens is 680 g/mol.